The molecule has 4 aromatic rings. The molecule has 0 aliphatic rings. The predicted molar refractivity (Wildman–Crippen MR) is 113 cm³/mol. The van der Waals surface area contributed by atoms with Crippen molar-refractivity contribution in [2.75, 3.05) is 12.4 Å². The number of aryl methyl sites for hydroxylation is 1. The largest absolute Gasteiger partial charge is 0.378 e. The van der Waals surface area contributed by atoms with E-state index in [1.54, 1.807) is 30.0 Å². The van der Waals surface area contributed by atoms with Gasteiger partial charge in [-0.05, 0) is 24.6 Å². The maximum atomic E-state index is 12.8. The molecule has 1 N–H and O–H groups in total. The maximum absolute atomic E-state index is 12.8. The van der Waals surface area contributed by atoms with Crippen molar-refractivity contribution >= 4 is 28.8 Å². The second kappa shape index (κ2) is 8.03. The molecule has 7 heteroatoms. The first kappa shape index (κ1) is 19.1. The van der Waals surface area contributed by atoms with Crippen LogP contribution in [0.2, 0.25) is 5.02 Å². The molecule has 0 fully saturated rings. The first-order valence-corrected chi connectivity index (χ1v) is 9.45. The van der Waals surface area contributed by atoms with Crippen LogP contribution in [-0.2, 0) is 11.3 Å². The Morgan fingerprint density at radius 1 is 1.14 bits per heavy atom. The van der Waals surface area contributed by atoms with Gasteiger partial charge in [0.1, 0.15) is 0 Å². The fourth-order valence-corrected chi connectivity index (χ4v) is 3.44. The highest BCUT2D eigenvalue weighted by Crippen LogP contribution is 2.29. The average molecular weight is 407 g/mol. The van der Waals surface area contributed by atoms with Crippen LogP contribution in [0.15, 0.2) is 60.8 Å². The van der Waals surface area contributed by atoms with Crippen molar-refractivity contribution in [3.8, 4) is 11.1 Å². The number of nitrogens with zero attached hydrogens (tertiary/aromatic N) is 3. The summed E-state index contributed by atoms with van der Waals surface area (Å²) in [7, 11) is 1.63. The number of ether oxygens (including phenoxy) is 1. The lowest BCUT2D eigenvalue weighted by Crippen LogP contribution is -2.16. The lowest BCUT2D eigenvalue weighted by atomic mass is 10.1. The summed E-state index contributed by atoms with van der Waals surface area (Å²) in [4.78, 5) is 17.4. The summed E-state index contributed by atoms with van der Waals surface area (Å²) in [5.74, 6) is -0.296. The van der Waals surface area contributed by atoms with Gasteiger partial charge in [-0.15, -0.1) is 0 Å². The van der Waals surface area contributed by atoms with Crippen LogP contribution < -0.4 is 5.32 Å². The van der Waals surface area contributed by atoms with Gasteiger partial charge >= 0.3 is 0 Å². The summed E-state index contributed by atoms with van der Waals surface area (Å²) >= 11 is 6.16. The first-order valence-electron chi connectivity index (χ1n) is 9.07. The number of rotatable bonds is 5. The molecule has 0 unspecified atom stereocenters. The van der Waals surface area contributed by atoms with Gasteiger partial charge in [-0.25, -0.2) is 9.50 Å². The molecule has 4 rings (SSSR count). The van der Waals surface area contributed by atoms with E-state index in [-0.39, 0.29) is 5.91 Å². The van der Waals surface area contributed by atoms with Crippen molar-refractivity contribution in [3.05, 3.63) is 82.8 Å². The van der Waals surface area contributed by atoms with Crippen molar-refractivity contribution in [2.45, 2.75) is 13.5 Å². The Hall–Kier alpha value is -3.22. The molecule has 1 amide bonds. The van der Waals surface area contributed by atoms with E-state index in [2.05, 4.69) is 15.4 Å². The van der Waals surface area contributed by atoms with Gasteiger partial charge in [0.2, 0.25) is 0 Å². The van der Waals surface area contributed by atoms with E-state index in [1.165, 1.54) is 0 Å². The second-order valence-electron chi connectivity index (χ2n) is 6.55. The van der Waals surface area contributed by atoms with Crippen LogP contribution in [0.1, 0.15) is 21.7 Å². The van der Waals surface area contributed by atoms with Gasteiger partial charge in [0.25, 0.3) is 5.91 Å². The Kier molecular flexibility index (Phi) is 5.29. The minimum Gasteiger partial charge on any atom is -0.378 e. The summed E-state index contributed by atoms with van der Waals surface area (Å²) < 4.78 is 7.02. The van der Waals surface area contributed by atoms with Crippen LogP contribution >= 0.6 is 11.6 Å². The molecule has 0 saturated heterocycles. The first-order chi connectivity index (χ1) is 14.1. The molecule has 6 nitrogen and oxygen atoms in total. The number of nitrogens with one attached hydrogen (secondary N) is 1. The SMILES string of the molecule is COCc1nn2c(C)c(C(=O)Nc3ccccc3Cl)cnc2c1-c1ccccc1. The number of anilines is 1. The van der Waals surface area contributed by atoms with E-state index in [0.717, 1.165) is 16.8 Å². The third-order valence-corrected chi connectivity index (χ3v) is 5.00. The molecule has 29 heavy (non-hydrogen) atoms. The molecule has 2 aromatic carbocycles. The van der Waals surface area contributed by atoms with Crippen LogP contribution in [0.3, 0.4) is 0 Å². The lowest BCUT2D eigenvalue weighted by molar-refractivity contribution is 0.102. The van der Waals surface area contributed by atoms with Crippen molar-refractivity contribution in [1.29, 1.82) is 0 Å². The number of halogens is 1. The number of para-hydroxylation sites is 1. The van der Waals surface area contributed by atoms with Gasteiger partial charge in [0, 0.05) is 13.3 Å². The molecule has 146 valence electrons. The van der Waals surface area contributed by atoms with Crippen LogP contribution in [0.4, 0.5) is 5.69 Å². The molecule has 0 aliphatic carbocycles. The number of fused-ring (bicyclic) bond motifs is 1. The summed E-state index contributed by atoms with van der Waals surface area (Å²) in [6.45, 7) is 2.18. The van der Waals surface area contributed by atoms with Gasteiger partial charge in [-0.1, -0.05) is 54.1 Å². The smallest absolute Gasteiger partial charge is 0.259 e. The summed E-state index contributed by atoms with van der Waals surface area (Å²) in [5.41, 5.74) is 4.98. The minimum absolute atomic E-state index is 0.296. The monoisotopic (exact) mass is 406 g/mol. The number of carbonyl (C=O) groups is 1. The molecule has 0 radical (unpaired) electrons. The van der Waals surface area contributed by atoms with E-state index < -0.39 is 0 Å². The number of aromatic nitrogens is 3. The zero-order valence-corrected chi connectivity index (χ0v) is 16.8. The van der Waals surface area contributed by atoms with Crippen molar-refractivity contribution in [2.24, 2.45) is 0 Å². The quantitative estimate of drug-likeness (QED) is 0.519. The van der Waals surface area contributed by atoms with Crippen LogP contribution in [0.25, 0.3) is 16.8 Å². The van der Waals surface area contributed by atoms with Gasteiger partial charge in [0.15, 0.2) is 5.65 Å². The average Bonchev–Trinajstić information content (AvgIpc) is 3.10. The topological polar surface area (TPSA) is 68.5 Å². The number of hydrogen-bond donors (Lipinski definition) is 1. The highest BCUT2D eigenvalue weighted by Gasteiger charge is 2.20. The second-order valence-corrected chi connectivity index (χ2v) is 6.95. The number of methoxy groups -OCH3 is 1. The molecule has 2 aromatic heterocycles. The van der Waals surface area contributed by atoms with Crippen molar-refractivity contribution in [3.63, 3.8) is 0 Å². The normalized spacial score (nSPS) is 11.0. The highest BCUT2D eigenvalue weighted by atomic mass is 35.5. The third kappa shape index (κ3) is 3.60. The zero-order valence-electron chi connectivity index (χ0n) is 16.0. The third-order valence-electron chi connectivity index (χ3n) is 4.67. The molecule has 2 heterocycles. The Morgan fingerprint density at radius 2 is 1.86 bits per heavy atom. The number of carbonyl (C=O) groups excluding carboxylic acids is 1. The fraction of sp³-hybridized carbons (Fsp3) is 0.136. The van der Waals surface area contributed by atoms with Gasteiger partial charge in [0.05, 0.1) is 39.8 Å². The van der Waals surface area contributed by atoms with Crippen molar-refractivity contribution < 1.29 is 9.53 Å². The van der Waals surface area contributed by atoms with E-state index in [1.807, 2.05) is 49.4 Å². The molecular formula is C22H19ClN4O2. The number of hydrogen-bond acceptors (Lipinski definition) is 4. The maximum Gasteiger partial charge on any atom is 0.259 e. The van der Waals surface area contributed by atoms with Crippen LogP contribution in [0.5, 0.6) is 0 Å². The van der Waals surface area contributed by atoms with Gasteiger partial charge in [-0.3, -0.25) is 4.79 Å². The Bertz CT molecular complexity index is 1190. The predicted octanol–water partition coefficient (Wildman–Crippen LogP) is 4.76. The van der Waals surface area contributed by atoms with E-state index in [4.69, 9.17) is 16.3 Å². The summed E-state index contributed by atoms with van der Waals surface area (Å²) in [5, 5.41) is 7.98. The fourth-order valence-electron chi connectivity index (χ4n) is 3.25. The standard InChI is InChI=1S/C22H19ClN4O2/c1-14-16(22(28)25-18-11-7-6-10-17(18)23)12-24-21-20(15-8-4-3-5-9-15)19(13-29-2)26-27(14)21/h3-12H,13H2,1-2H3,(H,25,28). The Morgan fingerprint density at radius 3 is 2.59 bits per heavy atom. The molecule has 0 bridgehead atoms. The summed E-state index contributed by atoms with van der Waals surface area (Å²) in [6, 6.07) is 17.0. The highest BCUT2D eigenvalue weighted by molar-refractivity contribution is 6.33. The van der Waals surface area contributed by atoms with Crippen LogP contribution in [-0.4, -0.2) is 27.6 Å². The summed E-state index contributed by atoms with van der Waals surface area (Å²) in [6.07, 6.45) is 1.57. The van der Waals surface area contributed by atoms with Crippen LogP contribution in [0, 0.1) is 6.92 Å². The molecule has 0 saturated carbocycles. The Labute approximate surface area is 173 Å². The van der Waals surface area contributed by atoms with E-state index in [9.17, 15) is 4.79 Å². The minimum atomic E-state index is -0.296. The Balaban J connectivity index is 1.80. The van der Waals surface area contributed by atoms with E-state index >= 15 is 0 Å². The number of amides is 1. The van der Waals surface area contributed by atoms with E-state index in [0.29, 0.717) is 34.2 Å². The zero-order chi connectivity index (χ0) is 20.4. The molecule has 0 aliphatic heterocycles. The molecule has 0 spiro atoms. The van der Waals surface area contributed by atoms with Gasteiger partial charge < -0.3 is 10.1 Å². The van der Waals surface area contributed by atoms with Crippen molar-refractivity contribution in [1.82, 2.24) is 14.6 Å². The van der Waals surface area contributed by atoms with Gasteiger partial charge in [-0.2, -0.15) is 5.10 Å². The number of benzene rings is 2. The molecule has 0 atom stereocenters. The molecular weight excluding hydrogens is 388 g/mol. The lowest BCUT2D eigenvalue weighted by Gasteiger charge is -2.10.